The predicted octanol–water partition coefficient (Wildman–Crippen LogP) is 12.1. The summed E-state index contributed by atoms with van der Waals surface area (Å²) >= 11 is 0. The van der Waals surface area contributed by atoms with Crippen molar-refractivity contribution in [3.8, 4) is 0 Å². The maximum absolute atomic E-state index is 12.6. The maximum atomic E-state index is 12.6. The van der Waals surface area contributed by atoms with Crippen LogP contribution < -0.4 is 5.73 Å². The Morgan fingerprint density at radius 3 is 1.60 bits per heavy atom. The van der Waals surface area contributed by atoms with Crippen molar-refractivity contribution in [1.29, 1.82) is 0 Å². The Morgan fingerprint density at radius 1 is 0.600 bits per heavy atom. The van der Waals surface area contributed by atoms with Gasteiger partial charge < -0.3 is 20.1 Å². The Labute approximate surface area is 308 Å². The van der Waals surface area contributed by atoms with Crippen molar-refractivity contribution in [2.45, 2.75) is 200 Å². The van der Waals surface area contributed by atoms with E-state index in [9.17, 15) is 14.3 Å². The Balaban J connectivity index is 4.01. The molecule has 0 aliphatic rings. The number of carbonyl (C=O) groups excluding carboxylic acids is 1. The number of ether oxygens (including phenoxy) is 2. The Hall–Kier alpha value is -1.02. The van der Waals surface area contributed by atoms with Gasteiger partial charge in [-0.15, -0.1) is 0 Å². The van der Waals surface area contributed by atoms with Crippen LogP contribution in [-0.4, -0.2) is 49.9 Å². The molecule has 8 nitrogen and oxygen atoms in total. The van der Waals surface area contributed by atoms with E-state index in [1.807, 2.05) is 0 Å². The molecule has 0 amide bonds. The van der Waals surface area contributed by atoms with Gasteiger partial charge in [-0.1, -0.05) is 167 Å². The van der Waals surface area contributed by atoms with Crippen LogP contribution in [0.15, 0.2) is 24.3 Å². The number of unbranched alkanes of at least 4 members (excludes halogenated alkanes) is 23. The van der Waals surface area contributed by atoms with Gasteiger partial charge in [0.25, 0.3) is 0 Å². The largest absolute Gasteiger partial charge is 0.472 e. The van der Waals surface area contributed by atoms with E-state index in [2.05, 4.69) is 38.2 Å². The molecule has 0 radical (unpaired) electrons. The zero-order chi connectivity index (χ0) is 36.6. The second kappa shape index (κ2) is 39.2. The van der Waals surface area contributed by atoms with Crippen LogP contribution in [0.3, 0.4) is 0 Å². The van der Waals surface area contributed by atoms with E-state index in [-0.39, 0.29) is 32.3 Å². The first-order chi connectivity index (χ1) is 24.4. The van der Waals surface area contributed by atoms with Crippen molar-refractivity contribution in [2.75, 3.05) is 33.0 Å². The van der Waals surface area contributed by atoms with E-state index >= 15 is 0 Å². The Bertz CT molecular complexity index is 823. The fourth-order valence-corrected chi connectivity index (χ4v) is 6.56. The molecule has 0 aromatic rings. The highest BCUT2D eigenvalue weighted by Gasteiger charge is 2.25. The molecule has 0 rings (SSSR count). The van der Waals surface area contributed by atoms with Crippen LogP contribution in [0.2, 0.25) is 0 Å². The lowest BCUT2D eigenvalue weighted by Gasteiger charge is -2.20. The number of phosphoric acid groups is 1. The normalized spacial score (nSPS) is 13.8. The lowest BCUT2D eigenvalue weighted by atomic mass is 10.1. The van der Waals surface area contributed by atoms with Crippen LogP contribution in [0.1, 0.15) is 194 Å². The topological polar surface area (TPSA) is 117 Å². The minimum atomic E-state index is -4.27. The van der Waals surface area contributed by atoms with Crippen LogP contribution in [0, 0.1) is 0 Å². The number of esters is 1. The van der Waals surface area contributed by atoms with Crippen molar-refractivity contribution in [1.82, 2.24) is 0 Å². The summed E-state index contributed by atoms with van der Waals surface area (Å²) in [6.45, 7) is 4.91. The zero-order valence-electron chi connectivity index (χ0n) is 32.6. The Morgan fingerprint density at radius 2 is 1.06 bits per heavy atom. The van der Waals surface area contributed by atoms with Crippen molar-refractivity contribution in [3.63, 3.8) is 0 Å². The summed E-state index contributed by atoms with van der Waals surface area (Å²) in [6.07, 6.45) is 41.8. The molecule has 0 aromatic heterocycles. The number of carbonyl (C=O) groups is 1. The van der Waals surface area contributed by atoms with E-state index in [1.54, 1.807) is 0 Å². The highest BCUT2D eigenvalue weighted by atomic mass is 31.2. The van der Waals surface area contributed by atoms with Crippen molar-refractivity contribution in [2.24, 2.45) is 5.73 Å². The van der Waals surface area contributed by atoms with Crippen LogP contribution in [-0.2, 0) is 27.9 Å². The zero-order valence-corrected chi connectivity index (χ0v) is 33.5. The molecule has 0 aromatic carbocycles. The number of rotatable bonds is 40. The fraction of sp³-hybridized carbons (Fsp3) is 0.878. The van der Waals surface area contributed by atoms with Crippen LogP contribution in [0.5, 0.6) is 0 Å². The van der Waals surface area contributed by atoms with Gasteiger partial charge in [-0.25, -0.2) is 4.57 Å². The van der Waals surface area contributed by atoms with Gasteiger partial charge in [0.15, 0.2) is 0 Å². The highest BCUT2D eigenvalue weighted by molar-refractivity contribution is 7.47. The molecule has 0 aliphatic carbocycles. The average molecular weight is 730 g/mol. The number of hydrogen-bond donors (Lipinski definition) is 2. The highest BCUT2D eigenvalue weighted by Crippen LogP contribution is 2.43. The lowest BCUT2D eigenvalue weighted by Crippen LogP contribution is -2.28. The third-order valence-corrected chi connectivity index (χ3v) is 9.86. The minimum absolute atomic E-state index is 0.0944. The monoisotopic (exact) mass is 730 g/mol. The second-order valence-corrected chi connectivity index (χ2v) is 15.3. The molecular formula is C41H80NO7P. The summed E-state index contributed by atoms with van der Waals surface area (Å²) in [4.78, 5) is 22.4. The van der Waals surface area contributed by atoms with Gasteiger partial charge in [0.2, 0.25) is 0 Å². The molecule has 3 N–H and O–H groups in total. The quantitative estimate of drug-likeness (QED) is 0.0277. The molecule has 0 spiro atoms. The minimum Gasteiger partial charge on any atom is -0.457 e. The Kier molecular flexibility index (Phi) is 38.4. The number of hydrogen-bond acceptors (Lipinski definition) is 7. The molecule has 0 bridgehead atoms. The summed E-state index contributed by atoms with van der Waals surface area (Å²) in [5.41, 5.74) is 5.36. The first-order valence-corrected chi connectivity index (χ1v) is 22.3. The van der Waals surface area contributed by atoms with E-state index in [4.69, 9.17) is 24.3 Å². The van der Waals surface area contributed by atoms with E-state index in [1.165, 1.54) is 135 Å². The van der Waals surface area contributed by atoms with Crippen LogP contribution >= 0.6 is 7.82 Å². The van der Waals surface area contributed by atoms with Gasteiger partial charge in [-0.05, 0) is 44.9 Å². The fourth-order valence-electron chi connectivity index (χ4n) is 5.79. The third-order valence-electron chi connectivity index (χ3n) is 8.87. The predicted molar refractivity (Wildman–Crippen MR) is 210 cm³/mol. The molecule has 0 saturated heterocycles. The molecule has 0 saturated carbocycles. The maximum Gasteiger partial charge on any atom is 0.472 e. The molecule has 0 aliphatic heterocycles. The standard InChI is InChI=1S/C41H80NO7P/c1-3-5-7-9-11-13-15-17-18-19-20-21-22-23-24-26-28-30-32-34-41(43)49-40(39-48-50(44,45)47-37-35-42)38-46-36-33-31-29-27-25-16-14-12-10-8-6-4-2/h11,13,17-18,40H,3-10,12,14-16,19-39,42H2,1-2H3,(H,44,45)/b13-11-,18-17-. The molecule has 9 heteroatoms. The molecule has 50 heavy (non-hydrogen) atoms. The molecule has 0 heterocycles. The van der Waals surface area contributed by atoms with Gasteiger partial charge in [0.05, 0.1) is 19.8 Å². The lowest BCUT2D eigenvalue weighted by molar-refractivity contribution is -0.154. The average Bonchev–Trinajstić information content (AvgIpc) is 3.10. The summed E-state index contributed by atoms with van der Waals surface area (Å²) in [6, 6.07) is 0. The number of phosphoric ester groups is 1. The SMILES string of the molecule is CCCCC/C=C\C/C=C\CCCCCCCCCCCC(=O)OC(COCCCCCCCCCCCCCC)COP(=O)(O)OCCN. The van der Waals surface area contributed by atoms with Gasteiger partial charge in [-0.2, -0.15) is 0 Å². The van der Waals surface area contributed by atoms with Crippen LogP contribution in [0.25, 0.3) is 0 Å². The summed E-state index contributed by atoms with van der Waals surface area (Å²) < 4.78 is 33.4. The number of nitrogens with two attached hydrogens (primary N) is 1. The van der Waals surface area contributed by atoms with Crippen molar-refractivity contribution in [3.05, 3.63) is 24.3 Å². The van der Waals surface area contributed by atoms with Gasteiger partial charge in [-0.3, -0.25) is 13.8 Å². The number of allylic oxidation sites excluding steroid dienone is 4. The van der Waals surface area contributed by atoms with Crippen molar-refractivity contribution < 1.29 is 32.8 Å². The second-order valence-electron chi connectivity index (χ2n) is 13.9. The van der Waals surface area contributed by atoms with Crippen molar-refractivity contribution >= 4 is 13.8 Å². The molecule has 2 unspecified atom stereocenters. The first-order valence-electron chi connectivity index (χ1n) is 20.8. The summed E-state index contributed by atoms with van der Waals surface area (Å²) in [5, 5.41) is 0. The molecular weight excluding hydrogens is 649 g/mol. The smallest absolute Gasteiger partial charge is 0.457 e. The summed E-state index contributed by atoms with van der Waals surface area (Å²) in [5.74, 6) is -0.333. The van der Waals surface area contributed by atoms with E-state index < -0.39 is 13.9 Å². The first kappa shape index (κ1) is 49.0. The van der Waals surface area contributed by atoms with E-state index in [0.717, 1.165) is 38.5 Å². The molecule has 296 valence electrons. The third kappa shape index (κ3) is 38.2. The van der Waals surface area contributed by atoms with Gasteiger partial charge in [0, 0.05) is 19.6 Å². The van der Waals surface area contributed by atoms with E-state index in [0.29, 0.717) is 13.0 Å². The molecule has 0 fully saturated rings. The van der Waals surface area contributed by atoms with Gasteiger partial charge in [0.1, 0.15) is 6.10 Å². The van der Waals surface area contributed by atoms with Crippen LogP contribution in [0.4, 0.5) is 0 Å². The summed E-state index contributed by atoms with van der Waals surface area (Å²) in [7, 11) is -4.27. The molecule has 2 atom stereocenters. The van der Waals surface area contributed by atoms with Gasteiger partial charge >= 0.3 is 13.8 Å².